The summed E-state index contributed by atoms with van der Waals surface area (Å²) in [6.07, 6.45) is 5.75. The highest BCUT2D eigenvalue weighted by atomic mass is 16.4. The van der Waals surface area contributed by atoms with E-state index < -0.39 is 17.8 Å². The highest BCUT2D eigenvalue weighted by Gasteiger charge is 2.13. The van der Waals surface area contributed by atoms with Gasteiger partial charge in [0.25, 0.3) is 5.91 Å². The summed E-state index contributed by atoms with van der Waals surface area (Å²) < 4.78 is 0. The number of aromatic nitrogens is 1. The number of carbonyl (C=O) groups excluding carboxylic acids is 1. The van der Waals surface area contributed by atoms with Gasteiger partial charge in [-0.2, -0.15) is 0 Å². The average molecular weight is 290 g/mol. The number of allylic oxidation sites excluding steroid dienone is 2. The van der Waals surface area contributed by atoms with E-state index in [9.17, 15) is 14.4 Å². The second-order valence-electron chi connectivity index (χ2n) is 3.91. The molecular weight excluding hydrogens is 276 g/mol. The zero-order chi connectivity index (χ0) is 15.7. The first-order valence-electron chi connectivity index (χ1n) is 6.06. The van der Waals surface area contributed by atoms with Crippen LogP contribution in [0.3, 0.4) is 0 Å². The van der Waals surface area contributed by atoms with Gasteiger partial charge in [0, 0.05) is 12.3 Å². The van der Waals surface area contributed by atoms with Crippen LogP contribution in [0.15, 0.2) is 48.3 Å². The second-order valence-corrected chi connectivity index (χ2v) is 3.91. The van der Waals surface area contributed by atoms with Crippen LogP contribution in [0.4, 0.5) is 0 Å². The topological polar surface area (TPSA) is 117 Å². The quantitative estimate of drug-likeness (QED) is 0.513. The molecule has 0 aliphatic heterocycles. The molecule has 0 aromatic carbocycles. The average Bonchev–Trinajstić information content (AvgIpc) is 2.45. The lowest BCUT2D eigenvalue weighted by Gasteiger charge is -2.05. The number of hydrogen-bond donors (Lipinski definition) is 3. The Balaban J connectivity index is 2.63. The molecule has 0 saturated heterocycles. The van der Waals surface area contributed by atoms with Gasteiger partial charge in [-0.1, -0.05) is 18.2 Å². The number of rotatable bonds is 7. The van der Waals surface area contributed by atoms with Crippen LogP contribution in [0, 0.1) is 0 Å². The Bertz CT molecular complexity index is 578. The summed E-state index contributed by atoms with van der Waals surface area (Å²) >= 11 is 0. The van der Waals surface area contributed by atoms with E-state index in [4.69, 9.17) is 10.2 Å². The van der Waals surface area contributed by atoms with Gasteiger partial charge in [-0.3, -0.25) is 9.78 Å². The minimum absolute atomic E-state index is 0.107. The molecule has 0 unspecified atom stereocenters. The van der Waals surface area contributed by atoms with Crippen molar-refractivity contribution in [3.8, 4) is 0 Å². The Hall–Kier alpha value is -2.96. The fourth-order valence-electron chi connectivity index (χ4n) is 1.38. The van der Waals surface area contributed by atoms with Crippen molar-refractivity contribution >= 4 is 17.8 Å². The number of unbranched alkanes of at least 4 members (excludes halogenated alkanes) is 1. The SMILES string of the molecule is O=C(O)C=CCCC=C(NC(=O)c1ccccn1)C(=O)O. The van der Waals surface area contributed by atoms with E-state index in [1.54, 1.807) is 12.1 Å². The third kappa shape index (κ3) is 6.15. The van der Waals surface area contributed by atoms with Crippen LogP contribution in [0.2, 0.25) is 0 Å². The largest absolute Gasteiger partial charge is 0.478 e. The van der Waals surface area contributed by atoms with Crippen molar-refractivity contribution in [3.05, 3.63) is 54.0 Å². The van der Waals surface area contributed by atoms with Crippen molar-refractivity contribution in [2.75, 3.05) is 0 Å². The molecule has 110 valence electrons. The number of carboxylic acid groups (broad SMARTS) is 2. The van der Waals surface area contributed by atoms with Gasteiger partial charge in [0.1, 0.15) is 11.4 Å². The van der Waals surface area contributed by atoms with Crippen molar-refractivity contribution in [1.82, 2.24) is 10.3 Å². The fourth-order valence-corrected chi connectivity index (χ4v) is 1.38. The first-order chi connectivity index (χ1) is 10.0. The van der Waals surface area contributed by atoms with Gasteiger partial charge in [-0.05, 0) is 25.0 Å². The van der Waals surface area contributed by atoms with E-state index in [1.807, 2.05) is 0 Å². The maximum absolute atomic E-state index is 11.8. The number of carboxylic acids is 2. The van der Waals surface area contributed by atoms with Gasteiger partial charge < -0.3 is 15.5 Å². The summed E-state index contributed by atoms with van der Waals surface area (Å²) in [5, 5.41) is 19.6. The normalized spacial score (nSPS) is 11.3. The molecule has 0 atom stereocenters. The standard InChI is InChI=1S/C14H14N2O5/c17-12(18)8-3-1-2-7-11(14(20)21)16-13(19)10-6-4-5-9-15-10/h3-9H,1-2H2,(H,16,19)(H,17,18)(H,20,21). The van der Waals surface area contributed by atoms with Crippen LogP contribution in [0.25, 0.3) is 0 Å². The molecular formula is C14H14N2O5. The maximum atomic E-state index is 11.8. The number of nitrogens with one attached hydrogen (secondary N) is 1. The Kier molecular flexibility index (Phi) is 6.33. The molecule has 7 heteroatoms. The van der Waals surface area contributed by atoms with Crippen LogP contribution in [0.1, 0.15) is 23.3 Å². The molecule has 3 N–H and O–H groups in total. The summed E-state index contributed by atoms with van der Waals surface area (Å²) in [5.74, 6) is -2.97. The van der Waals surface area contributed by atoms with Crippen molar-refractivity contribution < 1.29 is 24.6 Å². The van der Waals surface area contributed by atoms with E-state index in [2.05, 4.69) is 10.3 Å². The van der Waals surface area contributed by atoms with E-state index in [0.29, 0.717) is 6.42 Å². The lowest BCUT2D eigenvalue weighted by atomic mass is 10.2. The number of hydrogen-bond acceptors (Lipinski definition) is 4. The van der Waals surface area contributed by atoms with Crippen LogP contribution in [-0.4, -0.2) is 33.0 Å². The minimum atomic E-state index is -1.28. The molecule has 7 nitrogen and oxygen atoms in total. The second kappa shape index (κ2) is 8.26. The van der Waals surface area contributed by atoms with Crippen LogP contribution in [0.5, 0.6) is 0 Å². The molecule has 1 heterocycles. The lowest BCUT2D eigenvalue weighted by Crippen LogP contribution is -2.28. The molecule has 0 saturated carbocycles. The van der Waals surface area contributed by atoms with Gasteiger partial charge in [-0.15, -0.1) is 0 Å². The summed E-state index contributed by atoms with van der Waals surface area (Å²) in [7, 11) is 0. The summed E-state index contributed by atoms with van der Waals surface area (Å²) in [6.45, 7) is 0. The van der Waals surface area contributed by atoms with Crippen LogP contribution < -0.4 is 5.32 Å². The van der Waals surface area contributed by atoms with Crippen molar-refractivity contribution in [2.45, 2.75) is 12.8 Å². The van der Waals surface area contributed by atoms with E-state index in [0.717, 1.165) is 6.08 Å². The van der Waals surface area contributed by atoms with E-state index in [1.165, 1.54) is 24.4 Å². The number of nitrogens with zero attached hydrogens (tertiary/aromatic N) is 1. The first kappa shape index (κ1) is 16.1. The van der Waals surface area contributed by atoms with Crippen molar-refractivity contribution in [3.63, 3.8) is 0 Å². The summed E-state index contributed by atoms with van der Waals surface area (Å²) in [5.41, 5.74) is -0.162. The van der Waals surface area contributed by atoms with Crippen molar-refractivity contribution in [2.24, 2.45) is 0 Å². The molecule has 21 heavy (non-hydrogen) atoms. The predicted molar refractivity (Wildman–Crippen MR) is 73.4 cm³/mol. The molecule has 1 aromatic rings. The van der Waals surface area contributed by atoms with Gasteiger partial charge in [0.05, 0.1) is 0 Å². The van der Waals surface area contributed by atoms with Gasteiger partial charge in [0.15, 0.2) is 0 Å². The van der Waals surface area contributed by atoms with Gasteiger partial charge in [-0.25, -0.2) is 9.59 Å². The maximum Gasteiger partial charge on any atom is 0.352 e. The molecule has 0 bridgehead atoms. The molecule has 1 rings (SSSR count). The first-order valence-corrected chi connectivity index (χ1v) is 6.06. The molecule has 0 fully saturated rings. The number of amides is 1. The Labute approximate surface area is 120 Å². The minimum Gasteiger partial charge on any atom is -0.478 e. The van der Waals surface area contributed by atoms with Crippen LogP contribution >= 0.6 is 0 Å². The monoisotopic (exact) mass is 290 g/mol. The lowest BCUT2D eigenvalue weighted by molar-refractivity contribution is -0.133. The third-order valence-electron chi connectivity index (χ3n) is 2.32. The highest BCUT2D eigenvalue weighted by molar-refractivity contribution is 5.99. The van der Waals surface area contributed by atoms with Crippen LogP contribution in [-0.2, 0) is 9.59 Å². The zero-order valence-corrected chi connectivity index (χ0v) is 11.0. The Morgan fingerprint density at radius 1 is 1.19 bits per heavy atom. The highest BCUT2D eigenvalue weighted by Crippen LogP contribution is 2.01. The molecule has 1 aromatic heterocycles. The Morgan fingerprint density at radius 2 is 1.95 bits per heavy atom. The summed E-state index contributed by atoms with van der Waals surface area (Å²) in [4.78, 5) is 36.8. The van der Waals surface area contributed by atoms with Gasteiger partial charge in [0.2, 0.25) is 0 Å². The fraction of sp³-hybridized carbons (Fsp3) is 0.143. The van der Waals surface area contributed by atoms with Crippen molar-refractivity contribution in [1.29, 1.82) is 0 Å². The smallest absolute Gasteiger partial charge is 0.352 e. The molecule has 1 amide bonds. The Morgan fingerprint density at radius 3 is 2.52 bits per heavy atom. The zero-order valence-electron chi connectivity index (χ0n) is 11.0. The van der Waals surface area contributed by atoms with E-state index in [-0.39, 0.29) is 17.8 Å². The molecule has 0 aliphatic rings. The summed E-state index contributed by atoms with van der Waals surface area (Å²) in [6, 6.07) is 4.71. The van der Waals surface area contributed by atoms with E-state index >= 15 is 0 Å². The predicted octanol–water partition coefficient (Wildman–Crippen LogP) is 1.20. The molecule has 0 aliphatic carbocycles. The number of carbonyl (C=O) groups is 3. The van der Waals surface area contributed by atoms with Gasteiger partial charge >= 0.3 is 11.9 Å². The number of aliphatic carboxylic acids is 2. The third-order valence-corrected chi connectivity index (χ3v) is 2.32. The molecule has 0 radical (unpaired) electrons. The number of pyridine rings is 1. The molecule has 0 spiro atoms.